The SMILES string of the molecule is Fc1cc(NSc2c[nH]c3nc(Cl)ccc23)c(F)nc1C1CC1. The van der Waals surface area contributed by atoms with E-state index in [1.807, 2.05) is 6.07 Å². The fourth-order valence-electron chi connectivity index (χ4n) is 2.34. The van der Waals surface area contributed by atoms with Gasteiger partial charge in [0.1, 0.15) is 22.3 Å². The Morgan fingerprint density at radius 3 is 2.87 bits per heavy atom. The van der Waals surface area contributed by atoms with E-state index in [1.165, 1.54) is 0 Å². The number of aromatic nitrogens is 3. The second-order valence-electron chi connectivity index (χ2n) is 5.36. The zero-order valence-electron chi connectivity index (χ0n) is 11.7. The molecule has 0 aliphatic heterocycles. The van der Waals surface area contributed by atoms with Crippen LogP contribution in [-0.2, 0) is 0 Å². The van der Waals surface area contributed by atoms with Crippen molar-refractivity contribution in [1.82, 2.24) is 15.0 Å². The van der Waals surface area contributed by atoms with Crippen LogP contribution in [0.5, 0.6) is 0 Å². The van der Waals surface area contributed by atoms with Gasteiger partial charge < -0.3 is 9.71 Å². The van der Waals surface area contributed by atoms with Gasteiger partial charge in [-0.25, -0.2) is 14.4 Å². The minimum absolute atomic E-state index is 0.0215. The molecule has 0 aromatic carbocycles. The number of H-pyrrole nitrogens is 1. The molecule has 4 rings (SSSR count). The van der Waals surface area contributed by atoms with Crippen molar-refractivity contribution in [2.75, 3.05) is 4.72 Å². The number of anilines is 1. The van der Waals surface area contributed by atoms with Crippen LogP contribution >= 0.6 is 23.5 Å². The summed E-state index contributed by atoms with van der Waals surface area (Å²) >= 11 is 6.99. The molecule has 118 valence electrons. The molecule has 1 saturated carbocycles. The van der Waals surface area contributed by atoms with Crippen LogP contribution in [0.2, 0.25) is 5.15 Å². The molecule has 0 spiro atoms. The maximum atomic E-state index is 14.0. The zero-order valence-corrected chi connectivity index (χ0v) is 13.3. The smallest absolute Gasteiger partial charge is 0.237 e. The molecule has 2 N–H and O–H groups in total. The molecule has 0 atom stereocenters. The van der Waals surface area contributed by atoms with E-state index in [0.717, 1.165) is 41.1 Å². The normalized spacial score (nSPS) is 14.4. The maximum absolute atomic E-state index is 14.0. The molecule has 1 aliphatic rings. The van der Waals surface area contributed by atoms with Crippen LogP contribution < -0.4 is 4.72 Å². The van der Waals surface area contributed by atoms with Gasteiger partial charge >= 0.3 is 0 Å². The van der Waals surface area contributed by atoms with Crippen LogP contribution in [0, 0.1) is 11.8 Å². The lowest BCUT2D eigenvalue weighted by Gasteiger charge is -2.08. The number of halogens is 3. The summed E-state index contributed by atoms with van der Waals surface area (Å²) in [5.41, 5.74) is 0.882. The second-order valence-corrected chi connectivity index (χ2v) is 6.59. The highest BCUT2D eigenvalue weighted by Crippen LogP contribution is 2.41. The number of rotatable bonds is 4. The lowest BCUT2D eigenvalue weighted by molar-refractivity contribution is 0.547. The molecule has 0 bridgehead atoms. The first-order chi connectivity index (χ1) is 11.1. The van der Waals surface area contributed by atoms with E-state index in [4.69, 9.17) is 11.6 Å². The number of nitrogens with one attached hydrogen (secondary N) is 2. The fraction of sp³-hybridized carbons (Fsp3) is 0.200. The summed E-state index contributed by atoms with van der Waals surface area (Å²) in [6, 6.07) is 4.65. The first-order valence-electron chi connectivity index (χ1n) is 7.04. The topological polar surface area (TPSA) is 53.6 Å². The van der Waals surface area contributed by atoms with Crippen LogP contribution in [0.3, 0.4) is 0 Å². The van der Waals surface area contributed by atoms with Gasteiger partial charge in [0, 0.05) is 23.6 Å². The number of fused-ring (bicyclic) bond motifs is 1. The molecule has 0 saturated heterocycles. The molecule has 3 heterocycles. The Morgan fingerprint density at radius 2 is 2.09 bits per heavy atom. The van der Waals surface area contributed by atoms with E-state index >= 15 is 0 Å². The molecule has 8 heteroatoms. The summed E-state index contributed by atoms with van der Waals surface area (Å²) in [6.07, 6.45) is 3.47. The van der Waals surface area contributed by atoms with Gasteiger partial charge in [-0.15, -0.1) is 0 Å². The molecule has 3 aromatic heterocycles. The molecule has 23 heavy (non-hydrogen) atoms. The molecular formula is C15H11ClF2N4S. The Labute approximate surface area is 139 Å². The van der Waals surface area contributed by atoms with Gasteiger partial charge in [0.05, 0.1) is 10.6 Å². The molecule has 0 amide bonds. The molecule has 0 unspecified atom stereocenters. The Kier molecular flexibility index (Phi) is 3.61. The Hall–Kier alpha value is -1.86. The number of pyridine rings is 2. The van der Waals surface area contributed by atoms with Crippen molar-refractivity contribution in [3.8, 4) is 0 Å². The average molecular weight is 353 g/mol. The van der Waals surface area contributed by atoms with Gasteiger partial charge in [-0.1, -0.05) is 11.6 Å². The quantitative estimate of drug-likeness (QED) is 0.518. The highest BCUT2D eigenvalue weighted by atomic mass is 35.5. The summed E-state index contributed by atoms with van der Waals surface area (Å²) in [4.78, 5) is 11.7. The first-order valence-corrected chi connectivity index (χ1v) is 8.23. The number of aromatic amines is 1. The van der Waals surface area contributed by atoms with Gasteiger partial charge in [-0.05, 0) is 36.9 Å². The Morgan fingerprint density at radius 1 is 1.26 bits per heavy atom. The minimum Gasteiger partial charge on any atom is -0.345 e. The predicted molar refractivity (Wildman–Crippen MR) is 86.7 cm³/mol. The van der Waals surface area contributed by atoms with Crippen molar-refractivity contribution in [3.63, 3.8) is 0 Å². The van der Waals surface area contributed by atoms with Gasteiger partial charge in [-0.2, -0.15) is 4.39 Å². The van der Waals surface area contributed by atoms with Crippen molar-refractivity contribution in [2.24, 2.45) is 0 Å². The monoisotopic (exact) mass is 352 g/mol. The van der Waals surface area contributed by atoms with E-state index < -0.39 is 11.8 Å². The Bertz CT molecular complexity index is 895. The molecule has 4 nitrogen and oxygen atoms in total. The summed E-state index contributed by atoms with van der Waals surface area (Å²) in [5, 5.41) is 1.23. The maximum Gasteiger partial charge on any atom is 0.237 e. The van der Waals surface area contributed by atoms with Crippen molar-refractivity contribution in [3.05, 3.63) is 47.0 Å². The van der Waals surface area contributed by atoms with Crippen LogP contribution in [0.1, 0.15) is 24.5 Å². The molecule has 1 fully saturated rings. The largest absolute Gasteiger partial charge is 0.345 e. The summed E-state index contributed by atoms with van der Waals surface area (Å²) in [5.74, 6) is -1.10. The van der Waals surface area contributed by atoms with Crippen LogP contribution in [0.15, 0.2) is 29.3 Å². The van der Waals surface area contributed by atoms with Gasteiger partial charge in [0.15, 0.2) is 0 Å². The standard InChI is InChI=1S/C15H11ClF2N4S/c16-12-4-3-8-11(6-19-15(8)20-12)23-22-10-5-9(17)13(7-1-2-7)21-14(10)18/h3-7,22H,1-2H2,(H,19,20). The molecule has 3 aromatic rings. The third kappa shape index (κ3) is 2.86. The fourth-order valence-corrected chi connectivity index (χ4v) is 3.25. The van der Waals surface area contributed by atoms with Crippen LogP contribution in [-0.4, -0.2) is 15.0 Å². The molecule has 1 aliphatic carbocycles. The molecular weight excluding hydrogens is 342 g/mol. The highest BCUT2D eigenvalue weighted by Gasteiger charge is 2.29. The minimum atomic E-state index is -0.693. The highest BCUT2D eigenvalue weighted by molar-refractivity contribution is 8.00. The second kappa shape index (κ2) is 5.65. The van der Waals surface area contributed by atoms with E-state index in [-0.39, 0.29) is 17.3 Å². The zero-order chi connectivity index (χ0) is 16.0. The van der Waals surface area contributed by atoms with Crippen molar-refractivity contribution < 1.29 is 8.78 Å². The third-order valence-corrected chi connectivity index (χ3v) is 4.75. The van der Waals surface area contributed by atoms with E-state index in [0.29, 0.717) is 10.8 Å². The van der Waals surface area contributed by atoms with Crippen LogP contribution in [0.25, 0.3) is 11.0 Å². The van der Waals surface area contributed by atoms with Crippen LogP contribution in [0.4, 0.5) is 14.5 Å². The van der Waals surface area contributed by atoms with E-state index in [9.17, 15) is 8.78 Å². The van der Waals surface area contributed by atoms with Crippen molar-refractivity contribution in [2.45, 2.75) is 23.7 Å². The summed E-state index contributed by atoms with van der Waals surface area (Å²) in [6.45, 7) is 0. The first kappa shape index (κ1) is 14.7. The van der Waals surface area contributed by atoms with E-state index in [2.05, 4.69) is 19.7 Å². The summed E-state index contributed by atoms with van der Waals surface area (Å²) < 4.78 is 30.8. The van der Waals surface area contributed by atoms with Gasteiger partial charge in [0.25, 0.3) is 0 Å². The average Bonchev–Trinajstić information content (AvgIpc) is 3.29. The third-order valence-electron chi connectivity index (χ3n) is 3.66. The van der Waals surface area contributed by atoms with Gasteiger partial charge in [0.2, 0.25) is 5.95 Å². The number of nitrogens with zero attached hydrogens (tertiary/aromatic N) is 2. The molecule has 0 radical (unpaired) electrons. The van der Waals surface area contributed by atoms with Crippen molar-refractivity contribution >= 4 is 40.3 Å². The number of hydrogen-bond acceptors (Lipinski definition) is 4. The van der Waals surface area contributed by atoms with Gasteiger partial charge in [-0.3, -0.25) is 0 Å². The summed E-state index contributed by atoms with van der Waals surface area (Å²) in [7, 11) is 0. The predicted octanol–water partition coefficient (Wildman–Crippen LogP) is 4.89. The lowest BCUT2D eigenvalue weighted by atomic mass is 10.2. The lowest BCUT2D eigenvalue weighted by Crippen LogP contribution is -2.01. The van der Waals surface area contributed by atoms with E-state index in [1.54, 1.807) is 12.3 Å². The Balaban J connectivity index is 1.57. The van der Waals surface area contributed by atoms with Crippen molar-refractivity contribution in [1.29, 1.82) is 0 Å². The number of hydrogen-bond donors (Lipinski definition) is 2.